The van der Waals surface area contributed by atoms with E-state index in [0.29, 0.717) is 6.04 Å². The van der Waals surface area contributed by atoms with Gasteiger partial charge < -0.3 is 9.64 Å². The van der Waals surface area contributed by atoms with Crippen molar-refractivity contribution in [3.05, 3.63) is 0 Å². The molecule has 1 rings (SSSR count). The highest BCUT2D eigenvalue weighted by Gasteiger charge is 2.28. The van der Waals surface area contributed by atoms with Gasteiger partial charge in [-0.05, 0) is 40.5 Å². The molecule has 1 amide bonds. The van der Waals surface area contributed by atoms with E-state index in [1.165, 1.54) is 0 Å². The lowest BCUT2D eigenvalue weighted by atomic mass is 10.2. The van der Waals surface area contributed by atoms with Crippen LogP contribution >= 0.6 is 12.0 Å². The summed E-state index contributed by atoms with van der Waals surface area (Å²) in [7, 11) is 0. The third kappa shape index (κ3) is 7.46. The minimum atomic E-state index is -0.376. The Balaban J connectivity index is 0.000000557. The van der Waals surface area contributed by atoms with E-state index < -0.39 is 0 Å². The number of rotatable bonds is 1. The molecule has 17 heavy (non-hydrogen) atoms. The van der Waals surface area contributed by atoms with E-state index in [-0.39, 0.29) is 11.7 Å². The highest BCUT2D eigenvalue weighted by atomic mass is 32.2. The van der Waals surface area contributed by atoms with Crippen LogP contribution in [0.1, 0.15) is 40.5 Å². The lowest BCUT2D eigenvalue weighted by Gasteiger charge is -2.26. The maximum absolute atomic E-state index is 11.6. The standard InChI is InChI=1S/C10H19NO2.CH4O2S/c1-8-6-5-7-11(8)9(12)13-10(2,3)4;1-4-3-2/h8H,5-7H2,1-4H3;2H,1H3. The largest absolute Gasteiger partial charge is 0.444 e. The molecule has 5 nitrogen and oxygen atoms in total. The summed E-state index contributed by atoms with van der Waals surface area (Å²) in [4.78, 5) is 13.4. The van der Waals surface area contributed by atoms with Gasteiger partial charge in [-0.3, -0.25) is 0 Å². The van der Waals surface area contributed by atoms with Crippen LogP contribution in [0.5, 0.6) is 0 Å². The van der Waals surface area contributed by atoms with Gasteiger partial charge in [0.1, 0.15) is 5.60 Å². The van der Waals surface area contributed by atoms with Crippen molar-refractivity contribution in [1.29, 1.82) is 0 Å². The maximum Gasteiger partial charge on any atom is 0.410 e. The van der Waals surface area contributed by atoms with Crippen LogP contribution in [-0.4, -0.2) is 40.7 Å². The Hall–Kier alpha value is -0.460. The molecule has 0 aliphatic carbocycles. The number of ether oxygens (including phenoxy) is 1. The van der Waals surface area contributed by atoms with Crippen LogP contribution < -0.4 is 0 Å². The van der Waals surface area contributed by atoms with Gasteiger partial charge in [0.15, 0.2) is 0 Å². The molecule has 0 radical (unpaired) electrons. The fraction of sp³-hybridized carbons (Fsp3) is 0.909. The van der Waals surface area contributed by atoms with E-state index in [2.05, 4.69) is 11.3 Å². The third-order valence-electron chi connectivity index (χ3n) is 2.26. The molecule has 102 valence electrons. The number of amides is 1. The second-order valence-corrected chi connectivity index (χ2v) is 5.39. The van der Waals surface area contributed by atoms with E-state index in [4.69, 9.17) is 9.99 Å². The molecular formula is C11H23NO4S. The van der Waals surface area contributed by atoms with E-state index >= 15 is 0 Å². The summed E-state index contributed by atoms with van der Waals surface area (Å²) in [5.74, 6) is 0. The van der Waals surface area contributed by atoms with E-state index in [1.54, 1.807) is 6.26 Å². The first kappa shape index (κ1) is 16.5. The average molecular weight is 265 g/mol. The van der Waals surface area contributed by atoms with Crippen LogP contribution in [0.2, 0.25) is 0 Å². The second kappa shape index (κ2) is 7.79. The number of likely N-dealkylation sites (tertiary alicyclic amines) is 1. The number of hydrogen-bond donors (Lipinski definition) is 1. The Bertz CT molecular complexity index is 228. The molecule has 1 heterocycles. The van der Waals surface area contributed by atoms with Gasteiger partial charge in [-0.1, -0.05) is 0 Å². The molecule has 6 heteroatoms. The lowest BCUT2D eigenvalue weighted by Crippen LogP contribution is -2.38. The summed E-state index contributed by atoms with van der Waals surface area (Å²) in [5.41, 5.74) is -0.376. The van der Waals surface area contributed by atoms with Crippen molar-refractivity contribution in [2.75, 3.05) is 12.8 Å². The highest BCUT2D eigenvalue weighted by molar-refractivity contribution is 7.93. The van der Waals surface area contributed by atoms with Crippen LogP contribution in [-0.2, 0) is 9.07 Å². The van der Waals surface area contributed by atoms with Gasteiger partial charge in [0.05, 0.1) is 0 Å². The normalized spacial score (nSPS) is 19.6. The molecular weight excluding hydrogens is 242 g/mol. The van der Waals surface area contributed by atoms with Crippen molar-refractivity contribution >= 4 is 18.1 Å². The lowest BCUT2D eigenvalue weighted by molar-refractivity contribution is -0.115. The Morgan fingerprint density at radius 2 is 2.00 bits per heavy atom. The van der Waals surface area contributed by atoms with Gasteiger partial charge in [-0.2, -0.15) is 4.33 Å². The molecule has 1 aliphatic rings. The van der Waals surface area contributed by atoms with E-state index in [0.717, 1.165) is 31.4 Å². The predicted molar refractivity (Wildman–Crippen MR) is 68.9 cm³/mol. The Labute approximate surface area is 108 Å². The van der Waals surface area contributed by atoms with Crippen LogP contribution in [0.3, 0.4) is 0 Å². The third-order valence-corrected chi connectivity index (χ3v) is 2.40. The van der Waals surface area contributed by atoms with Gasteiger partial charge in [0, 0.05) is 30.9 Å². The first-order chi connectivity index (χ1) is 7.81. The Morgan fingerprint density at radius 1 is 1.47 bits per heavy atom. The molecule has 1 N–H and O–H groups in total. The molecule has 1 atom stereocenters. The van der Waals surface area contributed by atoms with Crippen molar-refractivity contribution in [2.24, 2.45) is 0 Å². The smallest absolute Gasteiger partial charge is 0.410 e. The highest BCUT2D eigenvalue weighted by Crippen LogP contribution is 2.19. The number of carbonyl (C=O) groups is 1. The molecule has 1 unspecified atom stereocenters. The van der Waals surface area contributed by atoms with E-state index in [9.17, 15) is 4.79 Å². The van der Waals surface area contributed by atoms with Crippen molar-refractivity contribution in [3.63, 3.8) is 0 Å². The summed E-state index contributed by atoms with van der Waals surface area (Å²) in [6, 6.07) is 0.342. The number of carbonyl (C=O) groups excluding carboxylic acids is 1. The molecule has 0 aromatic rings. The van der Waals surface area contributed by atoms with Gasteiger partial charge in [0.25, 0.3) is 0 Å². The average Bonchev–Trinajstić information content (AvgIpc) is 2.62. The van der Waals surface area contributed by atoms with Gasteiger partial charge in [-0.15, -0.1) is 0 Å². The minimum Gasteiger partial charge on any atom is -0.444 e. The first-order valence-electron chi connectivity index (χ1n) is 5.65. The van der Waals surface area contributed by atoms with Crippen LogP contribution in [0.4, 0.5) is 4.79 Å². The van der Waals surface area contributed by atoms with E-state index in [1.807, 2.05) is 25.7 Å². The molecule has 0 bridgehead atoms. The SMILES string of the molecule is CC1CCCN1C(=O)OC(C)(C)C.CSOO. The molecule has 0 aromatic heterocycles. The van der Waals surface area contributed by atoms with Crippen LogP contribution in [0, 0.1) is 0 Å². The summed E-state index contributed by atoms with van der Waals surface area (Å²) < 4.78 is 8.74. The Kier molecular flexibility index (Phi) is 7.58. The van der Waals surface area contributed by atoms with Gasteiger partial charge in [-0.25, -0.2) is 10.1 Å². The Morgan fingerprint density at radius 3 is 2.29 bits per heavy atom. The van der Waals surface area contributed by atoms with Crippen LogP contribution in [0.15, 0.2) is 0 Å². The quantitative estimate of drug-likeness (QED) is 0.448. The van der Waals surface area contributed by atoms with Crippen molar-refractivity contribution in [1.82, 2.24) is 4.90 Å². The zero-order chi connectivity index (χ0) is 13.5. The summed E-state index contributed by atoms with van der Waals surface area (Å²) in [6.45, 7) is 8.59. The fourth-order valence-electron chi connectivity index (χ4n) is 1.53. The molecule has 0 spiro atoms. The van der Waals surface area contributed by atoms with Crippen LogP contribution in [0.25, 0.3) is 0 Å². The number of hydrogen-bond acceptors (Lipinski definition) is 5. The predicted octanol–water partition coefficient (Wildman–Crippen LogP) is 3.16. The summed E-state index contributed by atoms with van der Waals surface area (Å²) >= 11 is 0.912. The topological polar surface area (TPSA) is 59.0 Å². The monoisotopic (exact) mass is 265 g/mol. The molecule has 1 saturated heterocycles. The fourth-order valence-corrected chi connectivity index (χ4v) is 1.53. The van der Waals surface area contributed by atoms with Crippen molar-refractivity contribution in [2.45, 2.75) is 52.2 Å². The van der Waals surface area contributed by atoms with Gasteiger partial charge >= 0.3 is 6.09 Å². The second-order valence-electron chi connectivity index (χ2n) is 4.91. The van der Waals surface area contributed by atoms with Gasteiger partial charge in [0.2, 0.25) is 0 Å². The number of nitrogens with zero attached hydrogens (tertiary/aromatic N) is 1. The van der Waals surface area contributed by atoms with Crippen molar-refractivity contribution < 1.29 is 19.1 Å². The zero-order valence-corrected chi connectivity index (χ0v) is 12.0. The molecule has 1 aliphatic heterocycles. The summed E-state index contributed by atoms with van der Waals surface area (Å²) in [5, 5.41) is 7.34. The first-order valence-corrected chi connectivity index (χ1v) is 6.80. The zero-order valence-electron chi connectivity index (χ0n) is 11.2. The summed E-state index contributed by atoms with van der Waals surface area (Å²) in [6.07, 6.45) is 3.65. The maximum atomic E-state index is 11.6. The molecule has 0 aromatic carbocycles. The minimum absolute atomic E-state index is 0.169. The molecule has 1 fully saturated rings. The molecule has 0 saturated carbocycles. The van der Waals surface area contributed by atoms with Crippen molar-refractivity contribution in [3.8, 4) is 0 Å².